The van der Waals surface area contributed by atoms with Crippen molar-refractivity contribution in [1.29, 1.82) is 0 Å². The Morgan fingerprint density at radius 2 is 2.11 bits per heavy atom. The summed E-state index contributed by atoms with van der Waals surface area (Å²) < 4.78 is 7.23. The lowest BCUT2D eigenvalue weighted by molar-refractivity contribution is 0.382. The monoisotopic (exact) mass is 418 g/mol. The first-order valence-corrected chi connectivity index (χ1v) is 11.9. The van der Waals surface area contributed by atoms with Crippen LogP contribution in [0.15, 0.2) is 14.5 Å². The van der Waals surface area contributed by atoms with Gasteiger partial charge in [-0.15, -0.1) is 11.3 Å². The summed E-state index contributed by atoms with van der Waals surface area (Å²) in [7, 11) is 0. The quantitative estimate of drug-likeness (QED) is 0.293. The zero-order chi connectivity index (χ0) is 19.7. The van der Waals surface area contributed by atoms with E-state index in [0.29, 0.717) is 24.0 Å². The molecule has 1 aliphatic rings. The van der Waals surface area contributed by atoms with Crippen LogP contribution in [0.3, 0.4) is 0 Å². The maximum absolute atomic E-state index is 13.3. The van der Waals surface area contributed by atoms with Crippen molar-refractivity contribution >= 4 is 33.3 Å². The minimum atomic E-state index is 0.122. The molecule has 3 heterocycles. The summed E-state index contributed by atoms with van der Waals surface area (Å²) in [5.74, 6) is 2.06. The summed E-state index contributed by atoms with van der Waals surface area (Å²) in [6.45, 7) is 6.97. The number of rotatable bonds is 8. The molecule has 0 aliphatic heterocycles. The van der Waals surface area contributed by atoms with Crippen LogP contribution in [0.2, 0.25) is 0 Å². The molecule has 0 spiro atoms. The second-order valence-corrected chi connectivity index (χ2v) is 9.61. The van der Waals surface area contributed by atoms with Gasteiger partial charge in [0.2, 0.25) is 5.89 Å². The van der Waals surface area contributed by atoms with Crippen molar-refractivity contribution < 1.29 is 4.52 Å². The van der Waals surface area contributed by atoms with Gasteiger partial charge in [0, 0.05) is 17.3 Å². The fourth-order valence-corrected chi connectivity index (χ4v) is 5.74. The molecule has 0 N–H and O–H groups in total. The molecule has 0 fully saturated rings. The zero-order valence-corrected chi connectivity index (χ0v) is 18.3. The molecule has 8 heteroatoms. The van der Waals surface area contributed by atoms with Crippen LogP contribution in [0.4, 0.5) is 0 Å². The molecule has 28 heavy (non-hydrogen) atoms. The molecule has 0 aromatic carbocycles. The lowest BCUT2D eigenvalue weighted by Gasteiger charge is -2.11. The summed E-state index contributed by atoms with van der Waals surface area (Å²) >= 11 is 3.21. The van der Waals surface area contributed by atoms with E-state index >= 15 is 0 Å². The van der Waals surface area contributed by atoms with Crippen LogP contribution in [0.1, 0.15) is 74.5 Å². The second-order valence-electron chi connectivity index (χ2n) is 7.59. The standard InChI is InChI=1S/C20H26N4O2S2/c1-4-5-6-10-24-19(25)16-13-8-7-9-14(13)28-18(16)22-20(24)27-11-15-21-17(12(2)3)23-26-15/h12H,4-11H2,1-3H3. The van der Waals surface area contributed by atoms with Crippen molar-refractivity contribution in [2.45, 2.75) is 82.7 Å². The van der Waals surface area contributed by atoms with Gasteiger partial charge in [0.1, 0.15) is 4.83 Å². The van der Waals surface area contributed by atoms with Crippen LogP contribution < -0.4 is 5.56 Å². The second kappa shape index (κ2) is 8.37. The third kappa shape index (κ3) is 3.76. The Bertz CT molecular complexity index is 1030. The topological polar surface area (TPSA) is 73.8 Å². The number of aromatic nitrogens is 4. The van der Waals surface area contributed by atoms with Gasteiger partial charge in [-0.05, 0) is 31.2 Å². The van der Waals surface area contributed by atoms with Gasteiger partial charge in [0.15, 0.2) is 11.0 Å². The molecule has 4 rings (SSSR count). The Hall–Kier alpha value is -1.67. The van der Waals surface area contributed by atoms with E-state index in [2.05, 4.69) is 17.1 Å². The third-order valence-electron chi connectivity index (χ3n) is 5.10. The highest BCUT2D eigenvalue weighted by Gasteiger charge is 2.23. The first kappa shape index (κ1) is 19.6. The molecule has 0 saturated carbocycles. The average Bonchev–Trinajstić information content (AvgIpc) is 3.37. The lowest BCUT2D eigenvalue weighted by atomic mass is 10.2. The first-order valence-electron chi connectivity index (χ1n) is 10.1. The highest BCUT2D eigenvalue weighted by molar-refractivity contribution is 7.98. The fraction of sp³-hybridized carbons (Fsp3) is 0.600. The number of unbranched alkanes of at least 4 members (excludes halogenated alkanes) is 2. The normalized spacial score (nSPS) is 13.7. The molecule has 150 valence electrons. The van der Waals surface area contributed by atoms with Gasteiger partial charge in [-0.2, -0.15) is 4.98 Å². The van der Waals surface area contributed by atoms with Crippen LogP contribution in [0.5, 0.6) is 0 Å². The van der Waals surface area contributed by atoms with Crippen LogP contribution in [0.25, 0.3) is 10.2 Å². The van der Waals surface area contributed by atoms with Gasteiger partial charge < -0.3 is 4.52 Å². The molecular formula is C20H26N4O2S2. The van der Waals surface area contributed by atoms with E-state index < -0.39 is 0 Å². The van der Waals surface area contributed by atoms with Crippen molar-refractivity contribution in [1.82, 2.24) is 19.7 Å². The van der Waals surface area contributed by atoms with Gasteiger partial charge in [0.25, 0.3) is 5.56 Å². The van der Waals surface area contributed by atoms with Crippen molar-refractivity contribution in [2.24, 2.45) is 0 Å². The molecular weight excluding hydrogens is 392 g/mol. The molecule has 3 aromatic rings. The molecule has 6 nitrogen and oxygen atoms in total. The number of fused-ring (bicyclic) bond motifs is 3. The highest BCUT2D eigenvalue weighted by Crippen LogP contribution is 2.36. The number of nitrogens with zero attached hydrogens (tertiary/aromatic N) is 4. The Labute approximate surface area is 172 Å². The predicted octanol–water partition coefficient (Wildman–Crippen LogP) is 4.94. The van der Waals surface area contributed by atoms with E-state index in [1.807, 2.05) is 18.4 Å². The molecule has 1 aliphatic carbocycles. The van der Waals surface area contributed by atoms with Gasteiger partial charge in [-0.3, -0.25) is 9.36 Å². The van der Waals surface area contributed by atoms with Crippen molar-refractivity contribution in [3.8, 4) is 0 Å². The molecule has 0 radical (unpaired) electrons. The number of aryl methyl sites for hydroxylation is 2. The molecule has 0 atom stereocenters. The predicted molar refractivity (Wildman–Crippen MR) is 113 cm³/mol. The van der Waals surface area contributed by atoms with Crippen LogP contribution in [-0.2, 0) is 25.1 Å². The van der Waals surface area contributed by atoms with E-state index in [1.54, 1.807) is 11.3 Å². The van der Waals surface area contributed by atoms with Crippen molar-refractivity contribution in [3.05, 3.63) is 32.5 Å². The minimum Gasteiger partial charge on any atom is -0.338 e. The lowest BCUT2D eigenvalue weighted by Crippen LogP contribution is -2.23. The Morgan fingerprint density at radius 3 is 2.86 bits per heavy atom. The molecule has 0 amide bonds. The van der Waals surface area contributed by atoms with Crippen LogP contribution in [0, 0.1) is 0 Å². The average molecular weight is 419 g/mol. The van der Waals surface area contributed by atoms with Gasteiger partial charge >= 0.3 is 0 Å². The maximum Gasteiger partial charge on any atom is 0.263 e. The fourth-order valence-electron chi connectivity index (χ4n) is 3.57. The van der Waals surface area contributed by atoms with E-state index in [-0.39, 0.29) is 11.5 Å². The number of thioether (sulfide) groups is 1. The van der Waals surface area contributed by atoms with E-state index in [4.69, 9.17) is 9.51 Å². The first-order chi connectivity index (χ1) is 13.6. The maximum atomic E-state index is 13.3. The number of thiophene rings is 1. The minimum absolute atomic E-state index is 0.122. The Balaban J connectivity index is 1.66. The number of hydrogen-bond acceptors (Lipinski definition) is 7. The van der Waals surface area contributed by atoms with Gasteiger partial charge in [-0.1, -0.05) is 50.5 Å². The summed E-state index contributed by atoms with van der Waals surface area (Å²) in [5, 5.41) is 5.65. The van der Waals surface area contributed by atoms with Gasteiger partial charge in [-0.25, -0.2) is 4.98 Å². The summed E-state index contributed by atoms with van der Waals surface area (Å²) in [5.41, 5.74) is 1.37. The smallest absolute Gasteiger partial charge is 0.263 e. The molecule has 0 saturated heterocycles. The Morgan fingerprint density at radius 1 is 1.25 bits per heavy atom. The largest absolute Gasteiger partial charge is 0.338 e. The highest BCUT2D eigenvalue weighted by atomic mass is 32.2. The van der Waals surface area contributed by atoms with Crippen LogP contribution >= 0.6 is 23.1 Å². The van der Waals surface area contributed by atoms with E-state index in [1.165, 1.54) is 22.2 Å². The number of hydrogen-bond donors (Lipinski definition) is 0. The van der Waals surface area contributed by atoms with E-state index in [9.17, 15) is 4.79 Å². The van der Waals surface area contributed by atoms with Crippen molar-refractivity contribution in [3.63, 3.8) is 0 Å². The summed E-state index contributed by atoms with van der Waals surface area (Å²) in [6, 6.07) is 0. The van der Waals surface area contributed by atoms with Crippen LogP contribution in [-0.4, -0.2) is 19.7 Å². The third-order valence-corrected chi connectivity index (χ3v) is 7.25. The zero-order valence-electron chi connectivity index (χ0n) is 16.7. The summed E-state index contributed by atoms with van der Waals surface area (Å²) in [4.78, 5) is 24.9. The van der Waals surface area contributed by atoms with Gasteiger partial charge in [0.05, 0.1) is 11.1 Å². The molecule has 3 aromatic heterocycles. The van der Waals surface area contributed by atoms with E-state index in [0.717, 1.165) is 53.9 Å². The molecule has 0 unspecified atom stereocenters. The van der Waals surface area contributed by atoms with Crippen molar-refractivity contribution in [2.75, 3.05) is 0 Å². The SMILES string of the molecule is CCCCCn1c(SCc2nc(C(C)C)no2)nc2sc3c(c2c1=O)CCC3. The molecule has 0 bridgehead atoms. The summed E-state index contributed by atoms with van der Waals surface area (Å²) in [6.07, 6.45) is 6.46. The Kier molecular flexibility index (Phi) is 5.87.